The van der Waals surface area contributed by atoms with Gasteiger partial charge in [0.15, 0.2) is 0 Å². The molecule has 0 saturated heterocycles. The molecule has 3 unspecified atom stereocenters. The van der Waals surface area contributed by atoms with Crippen LogP contribution in [0.5, 0.6) is 0 Å². The molecule has 1 rings (SSSR count). The summed E-state index contributed by atoms with van der Waals surface area (Å²) in [5.74, 6) is 1.79. The second-order valence-corrected chi connectivity index (χ2v) is 6.35. The molecule has 0 aromatic carbocycles. The van der Waals surface area contributed by atoms with Crippen molar-refractivity contribution in [1.82, 2.24) is 10.2 Å². The maximum Gasteiger partial charge on any atom is 0.0108 e. The summed E-state index contributed by atoms with van der Waals surface area (Å²) in [4.78, 5) is 2.55. The molecule has 3 atom stereocenters. The van der Waals surface area contributed by atoms with E-state index in [0.717, 1.165) is 17.9 Å². The molecule has 0 radical (unpaired) electrons. The van der Waals surface area contributed by atoms with E-state index in [1.807, 2.05) is 0 Å². The van der Waals surface area contributed by atoms with Gasteiger partial charge in [0.25, 0.3) is 0 Å². The van der Waals surface area contributed by atoms with Crippen LogP contribution < -0.4 is 5.32 Å². The molecule has 1 saturated carbocycles. The fourth-order valence-electron chi connectivity index (χ4n) is 3.22. The molecule has 1 fully saturated rings. The Morgan fingerprint density at radius 3 is 2.61 bits per heavy atom. The first-order valence-electron chi connectivity index (χ1n) is 8.09. The second kappa shape index (κ2) is 8.92. The van der Waals surface area contributed by atoms with Crippen molar-refractivity contribution in [3.05, 3.63) is 0 Å². The maximum atomic E-state index is 3.78. The predicted octanol–water partition coefficient (Wildman–Crippen LogP) is 3.52. The standard InChI is InChI=1S/C16H34N2/c1-5-7-11-18(4)13-15-12-14(3)8-9-16(15)17-10-6-2/h14-17H,5-13H2,1-4H3. The average Bonchev–Trinajstić information content (AvgIpc) is 2.35. The largest absolute Gasteiger partial charge is 0.314 e. The van der Waals surface area contributed by atoms with Crippen molar-refractivity contribution in [1.29, 1.82) is 0 Å². The highest BCUT2D eigenvalue weighted by Crippen LogP contribution is 2.29. The van der Waals surface area contributed by atoms with E-state index in [4.69, 9.17) is 0 Å². The Bertz CT molecular complexity index is 203. The third kappa shape index (κ3) is 5.71. The Morgan fingerprint density at radius 2 is 1.94 bits per heavy atom. The summed E-state index contributed by atoms with van der Waals surface area (Å²) < 4.78 is 0. The molecule has 2 heteroatoms. The van der Waals surface area contributed by atoms with Crippen LogP contribution in [0.3, 0.4) is 0 Å². The number of rotatable bonds is 8. The van der Waals surface area contributed by atoms with Gasteiger partial charge in [-0.05, 0) is 64.1 Å². The van der Waals surface area contributed by atoms with Gasteiger partial charge in [-0.15, -0.1) is 0 Å². The molecule has 108 valence electrons. The summed E-state index contributed by atoms with van der Waals surface area (Å²) >= 11 is 0. The fraction of sp³-hybridized carbons (Fsp3) is 1.00. The molecule has 1 aliphatic rings. The minimum Gasteiger partial charge on any atom is -0.314 e. The Hall–Kier alpha value is -0.0800. The van der Waals surface area contributed by atoms with Gasteiger partial charge in [0.05, 0.1) is 0 Å². The predicted molar refractivity (Wildman–Crippen MR) is 81.0 cm³/mol. The summed E-state index contributed by atoms with van der Waals surface area (Å²) in [7, 11) is 2.30. The van der Waals surface area contributed by atoms with Crippen molar-refractivity contribution >= 4 is 0 Å². The minimum atomic E-state index is 0.769. The third-order valence-electron chi connectivity index (χ3n) is 4.34. The summed E-state index contributed by atoms with van der Waals surface area (Å²) in [6.45, 7) is 10.7. The lowest BCUT2D eigenvalue weighted by atomic mass is 9.78. The van der Waals surface area contributed by atoms with E-state index in [0.29, 0.717) is 0 Å². The van der Waals surface area contributed by atoms with Crippen LogP contribution in [0.15, 0.2) is 0 Å². The Labute approximate surface area is 115 Å². The number of hydrogen-bond donors (Lipinski definition) is 1. The van der Waals surface area contributed by atoms with E-state index in [9.17, 15) is 0 Å². The molecule has 0 aromatic heterocycles. The monoisotopic (exact) mass is 254 g/mol. The molecule has 1 aliphatic carbocycles. The molecule has 0 aromatic rings. The number of nitrogens with zero attached hydrogens (tertiary/aromatic N) is 1. The minimum absolute atomic E-state index is 0.769. The molecule has 0 heterocycles. The lowest BCUT2D eigenvalue weighted by Crippen LogP contribution is -2.45. The zero-order valence-electron chi connectivity index (χ0n) is 13.0. The van der Waals surface area contributed by atoms with E-state index in [-0.39, 0.29) is 0 Å². The molecule has 0 bridgehead atoms. The first-order chi connectivity index (χ1) is 8.67. The van der Waals surface area contributed by atoms with Crippen LogP contribution in [0.25, 0.3) is 0 Å². The molecular weight excluding hydrogens is 220 g/mol. The molecule has 0 spiro atoms. The second-order valence-electron chi connectivity index (χ2n) is 6.35. The SMILES string of the molecule is CCCCN(C)CC1CC(C)CCC1NCCC. The zero-order chi connectivity index (χ0) is 13.4. The van der Waals surface area contributed by atoms with Gasteiger partial charge in [-0.25, -0.2) is 0 Å². The van der Waals surface area contributed by atoms with E-state index >= 15 is 0 Å². The molecule has 0 amide bonds. The molecular formula is C16H34N2. The van der Waals surface area contributed by atoms with Crippen LogP contribution in [0.2, 0.25) is 0 Å². The van der Waals surface area contributed by atoms with Crippen molar-refractivity contribution in [2.24, 2.45) is 11.8 Å². The van der Waals surface area contributed by atoms with Gasteiger partial charge >= 0.3 is 0 Å². The zero-order valence-corrected chi connectivity index (χ0v) is 13.0. The van der Waals surface area contributed by atoms with E-state index in [1.54, 1.807) is 0 Å². The van der Waals surface area contributed by atoms with E-state index < -0.39 is 0 Å². The smallest absolute Gasteiger partial charge is 0.0108 e. The quantitative estimate of drug-likeness (QED) is 0.713. The average molecular weight is 254 g/mol. The molecule has 18 heavy (non-hydrogen) atoms. The van der Waals surface area contributed by atoms with Gasteiger partial charge < -0.3 is 10.2 Å². The van der Waals surface area contributed by atoms with Gasteiger partial charge in [0.1, 0.15) is 0 Å². The van der Waals surface area contributed by atoms with Gasteiger partial charge in [-0.1, -0.05) is 27.2 Å². The fourth-order valence-corrected chi connectivity index (χ4v) is 3.22. The highest BCUT2D eigenvalue weighted by Gasteiger charge is 2.28. The van der Waals surface area contributed by atoms with Gasteiger partial charge in [0, 0.05) is 12.6 Å². The maximum absolute atomic E-state index is 3.78. The first kappa shape index (κ1) is 16.0. The summed E-state index contributed by atoms with van der Waals surface area (Å²) in [5, 5.41) is 3.78. The van der Waals surface area contributed by atoms with Gasteiger partial charge in [-0.2, -0.15) is 0 Å². The highest BCUT2D eigenvalue weighted by molar-refractivity contribution is 4.85. The number of hydrogen-bond acceptors (Lipinski definition) is 2. The Balaban J connectivity index is 2.39. The summed E-state index contributed by atoms with van der Waals surface area (Å²) in [5.41, 5.74) is 0. The van der Waals surface area contributed by atoms with E-state index in [2.05, 4.69) is 38.0 Å². The normalized spacial score (nSPS) is 28.8. The van der Waals surface area contributed by atoms with Crippen LogP contribution in [0, 0.1) is 11.8 Å². The van der Waals surface area contributed by atoms with E-state index in [1.165, 1.54) is 58.2 Å². The van der Waals surface area contributed by atoms with Crippen molar-refractivity contribution in [2.45, 2.75) is 65.3 Å². The molecule has 2 nitrogen and oxygen atoms in total. The first-order valence-corrected chi connectivity index (χ1v) is 8.09. The van der Waals surface area contributed by atoms with Crippen LogP contribution in [0.1, 0.15) is 59.3 Å². The Morgan fingerprint density at radius 1 is 1.17 bits per heavy atom. The Kier molecular flexibility index (Phi) is 7.92. The lowest BCUT2D eigenvalue weighted by molar-refractivity contribution is 0.159. The third-order valence-corrected chi connectivity index (χ3v) is 4.34. The van der Waals surface area contributed by atoms with Crippen LogP contribution in [-0.2, 0) is 0 Å². The van der Waals surface area contributed by atoms with Gasteiger partial charge in [-0.3, -0.25) is 0 Å². The van der Waals surface area contributed by atoms with Crippen molar-refractivity contribution < 1.29 is 0 Å². The lowest BCUT2D eigenvalue weighted by Gasteiger charge is -2.37. The van der Waals surface area contributed by atoms with Crippen LogP contribution >= 0.6 is 0 Å². The van der Waals surface area contributed by atoms with Gasteiger partial charge in [0.2, 0.25) is 0 Å². The number of unbranched alkanes of at least 4 members (excludes halogenated alkanes) is 1. The van der Waals surface area contributed by atoms with Crippen LogP contribution in [0.4, 0.5) is 0 Å². The van der Waals surface area contributed by atoms with Crippen LogP contribution in [-0.4, -0.2) is 37.6 Å². The number of nitrogens with one attached hydrogen (secondary N) is 1. The topological polar surface area (TPSA) is 15.3 Å². The van der Waals surface area contributed by atoms with Crippen molar-refractivity contribution in [2.75, 3.05) is 26.7 Å². The van der Waals surface area contributed by atoms with Crippen molar-refractivity contribution in [3.8, 4) is 0 Å². The van der Waals surface area contributed by atoms with Crippen molar-refractivity contribution in [3.63, 3.8) is 0 Å². The highest BCUT2D eigenvalue weighted by atomic mass is 15.1. The summed E-state index contributed by atoms with van der Waals surface area (Å²) in [6, 6.07) is 0.769. The molecule has 0 aliphatic heterocycles. The summed E-state index contributed by atoms with van der Waals surface area (Å²) in [6.07, 6.45) is 8.11. The molecule has 1 N–H and O–H groups in total.